The summed E-state index contributed by atoms with van der Waals surface area (Å²) in [4.78, 5) is 28.7. The van der Waals surface area contributed by atoms with Crippen LogP contribution in [0.5, 0.6) is 11.6 Å². The Kier molecular flexibility index (Phi) is 7.29. The standard InChI is InChI=1S/C21H29N5O4/c1-16-4-6-17(7-5-16)30-15-19(27)22-8-9-25-10-12-26(13-11-25)21(28)18-14-24(2)23-20(18)29-3/h4-7,14H,8-13,15H2,1-3H3,(H,22,27). The Morgan fingerprint density at radius 2 is 1.83 bits per heavy atom. The van der Waals surface area contributed by atoms with Crippen LogP contribution < -0.4 is 14.8 Å². The molecule has 9 nitrogen and oxygen atoms in total. The van der Waals surface area contributed by atoms with Gasteiger partial charge in [0.1, 0.15) is 11.3 Å². The molecule has 0 saturated carbocycles. The predicted octanol–water partition coefficient (Wildman–Crippen LogP) is 0.690. The zero-order valence-corrected chi connectivity index (χ0v) is 17.8. The Morgan fingerprint density at radius 3 is 2.50 bits per heavy atom. The molecule has 1 aromatic heterocycles. The molecule has 0 spiro atoms. The lowest BCUT2D eigenvalue weighted by molar-refractivity contribution is -0.123. The summed E-state index contributed by atoms with van der Waals surface area (Å²) in [6.07, 6.45) is 1.68. The van der Waals surface area contributed by atoms with E-state index in [1.165, 1.54) is 7.11 Å². The second-order valence-electron chi connectivity index (χ2n) is 7.31. The highest BCUT2D eigenvalue weighted by molar-refractivity contribution is 5.96. The van der Waals surface area contributed by atoms with Crippen LogP contribution in [0.2, 0.25) is 0 Å². The van der Waals surface area contributed by atoms with Crippen LogP contribution in [0.15, 0.2) is 30.5 Å². The molecule has 30 heavy (non-hydrogen) atoms. The smallest absolute Gasteiger partial charge is 0.261 e. The molecule has 2 aromatic rings. The number of carbonyl (C=O) groups is 2. The number of methoxy groups -OCH3 is 1. The van der Waals surface area contributed by atoms with E-state index in [1.54, 1.807) is 17.9 Å². The summed E-state index contributed by atoms with van der Waals surface area (Å²) in [5.41, 5.74) is 1.63. The lowest BCUT2D eigenvalue weighted by Crippen LogP contribution is -2.50. The van der Waals surface area contributed by atoms with Gasteiger partial charge in [0.25, 0.3) is 11.8 Å². The van der Waals surface area contributed by atoms with E-state index in [9.17, 15) is 9.59 Å². The molecule has 0 aliphatic carbocycles. The molecule has 2 amide bonds. The third-order valence-electron chi connectivity index (χ3n) is 5.02. The summed E-state index contributed by atoms with van der Waals surface area (Å²) in [7, 11) is 3.27. The van der Waals surface area contributed by atoms with Crippen molar-refractivity contribution < 1.29 is 19.1 Å². The number of amides is 2. The molecule has 0 radical (unpaired) electrons. The average molecular weight is 415 g/mol. The van der Waals surface area contributed by atoms with Gasteiger partial charge in [0.05, 0.1) is 7.11 Å². The van der Waals surface area contributed by atoms with Crippen LogP contribution in [0, 0.1) is 6.92 Å². The maximum absolute atomic E-state index is 12.7. The van der Waals surface area contributed by atoms with Crippen LogP contribution in [0.1, 0.15) is 15.9 Å². The normalized spacial score (nSPS) is 14.4. The van der Waals surface area contributed by atoms with Gasteiger partial charge in [0.15, 0.2) is 6.61 Å². The molecule has 0 unspecified atom stereocenters. The Morgan fingerprint density at radius 1 is 1.13 bits per heavy atom. The molecular formula is C21H29N5O4. The highest BCUT2D eigenvalue weighted by atomic mass is 16.5. The number of benzene rings is 1. The van der Waals surface area contributed by atoms with E-state index in [1.807, 2.05) is 36.1 Å². The van der Waals surface area contributed by atoms with Crippen molar-refractivity contribution in [3.63, 3.8) is 0 Å². The predicted molar refractivity (Wildman–Crippen MR) is 112 cm³/mol. The van der Waals surface area contributed by atoms with Gasteiger partial charge in [0, 0.05) is 52.5 Å². The zero-order chi connectivity index (χ0) is 21.5. The lowest BCUT2D eigenvalue weighted by Gasteiger charge is -2.34. The van der Waals surface area contributed by atoms with Crippen molar-refractivity contribution in [1.29, 1.82) is 0 Å². The van der Waals surface area contributed by atoms with Gasteiger partial charge in [-0.05, 0) is 19.1 Å². The minimum atomic E-state index is -0.145. The number of hydrogen-bond donors (Lipinski definition) is 1. The molecule has 9 heteroatoms. The van der Waals surface area contributed by atoms with Gasteiger partial charge in [-0.25, -0.2) is 0 Å². The van der Waals surface area contributed by atoms with Crippen molar-refractivity contribution in [1.82, 2.24) is 24.9 Å². The van der Waals surface area contributed by atoms with Crippen molar-refractivity contribution >= 4 is 11.8 Å². The largest absolute Gasteiger partial charge is 0.484 e. The molecule has 0 bridgehead atoms. The third-order valence-corrected chi connectivity index (χ3v) is 5.02. The number of rotatable bonds is 8. The van der Waals surface area contributed by atoms with Gasteiger partial charge in [-0.1, -0.05) is 17.7 Å². The van der Waals surface area contributed by atoms with Crippen LogP contribution >= 0.6 is 0 Å². The van der Waals surface area contributed by atoms with Crippen molar-refractivity contribution in [3.8, 4) is 11.6 Å². The fourth-order valence-electron chi connectivity index (χ4n) is 3.30. The van der Waals surface area contributed by atoms with Crippen LogP contribution in [-0.4, -0.2) is 84.4 Å². The Bertz CT molecular complexity index is 857. The maximum Gasteiger partial charge on any atom is 0.261 e. The van der Waals surface area contributed by atoms with Gasteiger partial charge < -0.3 is 19.7 Å². The number of hydrogen-bond acceptors (Lipinski definition) is 6. The summed E-state index contributed by atoms with van der Waals surface area (Å²) in [6, 6.07) is 7.60. The van der Waals surface area contributed by atoms with E-state index >= 15 is 0 Å². The fraction of sp³-hybridized carbons (Fsp3) is 0.476. The van der Waals surface area contributed by atoms with Crippen LogP contribution in [-0.2, 0) is 11.8 Å². The number of aryl methyl sites for hydroxylation is 2. The van der Waals surface area contributed by atoms with Crippen LogP contribution in [0.4, 0.5) is 0 Å². The average Bonchev–Trinajstić information content (AvgIpc) is 3.14. The van der Waals surface area contributed by atoms with E-state index in [0.29, 0.717) is 36.8 Å². The van der Waals surface area contributed by atoms with E-state index in [0.717, 1.165) is 25.2 Å². The number of nitrogens with one attached hydrogen (secondary N) is 1. The summed E-state index contributed by atoms with van der Waals surface area (Å²) in [5.74, 6) is 0.816. The quantitative estimate of drug-likeness (QED) is 0.683. The van der Waals surface area contributed by atoms with Crippen molar-refractivity contribution in [2.75, 3.05) is 53.0 Å². The van der Waals surface area contributed by atoms with Crippen molar-refractivity contribution in [3.05, 3.63) is 41.6 Å². The summed E-state index contributed by atoms with van der Waals surface area (Å²) < 4.78 is 12.2. The molecule has 1 aromatic carbocycles. The minimum Gasteiger partial charge on any atom is -0.484 e. The van der Waals surface area contributed by atoms with Crippen molar-refractivity contribution in [2.45, 2.75) is 6.92 Å². The topological polar surface area (TPSA) is 88.9 Å². The molecule has 3 rings (SSSR count). The Labute approximate surface area is 176 Å². The summed E-state index contributed by atoms with van der Waals surface area (Å²) in [6.45, 7) is 6.03. The van der Waals surface area contributed by atoms with E-state index in [4.69, 9.17) is 9.47 Å². The molecule has 1 aliphatic rings. The van der Waals surface area contributed by atoms with E-state index < -0.39 is 0 Å². The highest BCUT2D eigenvalue weighted by Crippen LogP contribution is 2.18. The summed E-state index contributed by atoms with van der Waals surface area (Å²) in [5, 5.41) is 7.02. The van der Waals surface area contributed by atoms with Gasteiger partial charge in [-0.3, -0.25) is 19.2 Å². The molecule has 2 heterocycles. The first-order valence-corrected chi connectivity index (χ1v) is 10.0. The number of ether oxygens (including phenoxy) is 2. The second-order valence-corrected chi connectivity index (χ2v) is 7.31. The zero-order valence-electron chi connectivity index (χ0n) is 17.8. The Balaban J connectivity index is 1.35. The molecule has 1 N–H and O–H groups in total. The van der Waals surface area contributed by atoms with E-state index in [-0.39, 0.29) is 18.4 Å². The number of aromatic nitrogens is 2. The van der Waals surface area contributed by atoms with Gasteiger partial charge >= 0.3 is 0 Å². The van der Waals surface area contributed by atoms with Crippen LogP contribution in [0.25, 0.3) is 0 Å². The molecule has 1 aliphatic heterocycles. The lowest BCUT2D eigenvalue weighted by atomic mass is 10.2. The van der Waals surface area contributed by atoms with Crippen molar-refractivity contribution in [2.24, 2.45) is 7.05 Å². The van der Waals surface area contributed by atoms with Gasteiger partial charge in [-0.15, -0.1) is 5.10 Å². The first-order chi connectivity index (χ1) is 14.5. The van der Waals surface area contributed by atoms with Gasteiger partial charge in [0.2, 0.25) is 5.88 Å². The molecule has 162 valence electrons. The fourth-order valence-corrected chi connectivity index (χ4v) is 3.30. The first-order valence-electron chi connectivity index (χ1n) is 10.0. The minimum absolute atomic E-state index is 0.00170. The Hall–Kier alpha value is -3.07. The monoisotopic (exact) mass is 415 g/mol. The van der Waals surface area contributed by atoms with Gasteiger partial charge in [-0.2, -0.15) is 0 Å². The number of carbonyl (C=O) groups excluding carboxylic acids is 2. The number of nitrogens with zero attached hydrogens (tertiary/aromatic N) is 4. The van der Waals surface area contributed by atoms with Crippen LogP contribution in [0.3, 0.4) is 0 Å². The molecular weight excluding hydrogens is 386 g/mol. The van der Waals surface area contributed by atoms with E-state index in [2.05, 4.69) is 15.3 Å². The third kappa shape index (κ3) is 5.73. The molecule has 1 fully saturated rings. The number of piperazine rings is 1. The molecule has 0 atom stereocenters. The highest BCUT2D eigenvalue weighted by Gasteiger charge is 2.26. The second kappa shape index (κ2) is 10.1. The SMILES string of the molecule is COc1nn(C)cc1C(=O)N1CCN(CCNC(=O)COc2ccc(C)cc2)CC1. The summed E-state index contributed by atoms with van der Waals surface area (Å²) >= 11 is 0. The first kappa shape index (κ1) is 21.6. The maximum atomic E-state index is 12.7. The molecule has 1 saturated heterocycles.